The van der Waals surface area contributed by atoms with Crippen LogP contribution in [0, 0.1) is 5.92 Å². The van der Waals surface area contributed by atoms with Crippen LogP contribution in [-0.2, 0) is 10.0 Å². The van der Waals surface area contributed by atoms with Gasteiger partial charge in [0.2, 0.25) is 10.0 Å². The summed E-state index contributed by atoms with van der Waals surface area (Å²) >= 11 is 0. The van der Waals surface area contributed by atoms with Gasteiger partial charge in [-0.3, -0.25) is 0 Å². The highest BCUT2D eigenvalue weighted by Gasteiger charge is 2.29. The van der Waals surface area contributed by atoms with Gasteiger partial charge < -0.3 is 10.4 Å². The lowest BCUT2D eigenvalue weighted by Gasteiger charge is -2.29. The summed E-state index contributed by atoms with van der Waals surface area (Å²) in [6.07, 6.45) is 3.01. The Bertz CT molecular complexity index is 645. The van der Waals surface area contributed by atoms with Crippen molar-refractivity contribution in [2.24, 2.45) is 5.92 Å². The predicted molar refractivity (Wildman–Crippen MR) is 107 cm³/mol. The molecule has 0 aliphatic carbocycles. The van der Waals surface area contributed by atoms with Crippen LogP contribution in [0.1, 0.15) is 61.3 Å². The molecule has 0 spiro atoms. The van der Waals surface area contributed by atoms with Gasteiger partial charge in [-0.1, -0.05) is 13.8 Å². The second-order valence-corrected chi connectivity index (χ2v) is 10.0. The van der Waals surface area contributed by atoms with Crippen molar-refractivity contribution >= 4 is 15.8 Å². The first kappa shape index (κ1) is 22.9. The summed E-state index contributed by atoms with van der Waals surface area (Å²) in [5.74, 6) is 1.09. The molecule has 0 radical (unpaired) electrons. The number of nitrogens with zero attached hydrogens (tertiary/aromatic N) is 2. The minimum Gasteiger partial charge on any atom is -0.388 e. The third-order valence-corrected chi connectivity index (χ3v) is 6.48. The van der Waals surface area contributed by atoms with Crippen LogP contribution in [0.25, 0.3) is 0 Å². The standard InChI is InChI=1S/C19H35N3O3S/c1-14(2)10-11-19(7,23)13-21-18-9-8-17(12-20-18)26(24,25)22(15(3)4)16(5)6/h8-9,12,14-16,23H,10-11,13H2,1-7H3,(H,20,21). The van der Waals surface area contributed by atoms with Crippen molar-refractivity contribution in [1.29, 1.82) is 0 Å². The molecule has 1 aromatic heterocycles. The predicted octanol–water partition coefficient (Wildman–Crippen LogP) is 3.49. The lowest BCUT2D eigenvalue weighted by Crippen LogP contribution is -2.41. The highest BCUT2D eigenvalue weighted by Crippen LogP contribution is 2.22. The number of hydrogen-bond donors (Lipinski definition) is 2. The third kappa shape index (κ3) is 6.52. The van der Waals surface area contributed by atoms with E-state index in [1.54, 1.807) is 19.1 Å². The van der Waals surface area contributed by atoms with Gasteiger partial charge in [-0.15, -0.1) is 0 Å². The molecule has 1 rings (SSSR count). The molecule has 0 aliphatic heterocycles. The number of nitrogens with one attached hydrogen (secondary N) is 1. The van der Waals surface area contributed by atoms with Crippen molar-refractivity contribution in [2.45, 2.75) is 83.9 Å². The van der Waals surface area contributed by atoms with Crippen LogP contribution in [0.5, 0.6) is 0 Å². The van der Waals surface area contributed by atoms with Crippen molar-refractivity contribution in [2.75, 3.05) is 11.9 Å². The Morgan fingerprint density at radius 2 is 1.73 bits per heavy atom. The minimum absolute atomic E-state index is 0.131. The lowest BCUT2D eigenvalue weighted by molar-refractivity contribution is 0.0585. The van der Waals surface area contributed by atoms with Gasteiger partial charge in [0.15, 0.2) is 0 Å². The van der Waals surface area contributed by atoms with Crippen LogP contribution in [0.4, 0.5) is 5.82 Å². The fourth-order valence-electron chi connectivity index (χ4n) is 2.88. The fourth-order valence-corrected chi connectivity index (χ4v) is 4.66. The van der Waals surface area contributed by atoms with E-state index >= 15 is 0 Å². The number of pyridine rings is 1. The number of aliphatic hydroxyl groups is 1. The van der Waals surface area contributed by atoms with Crippen molar-refractivity contribution in [3.8, 4) is 0 Å². The molecule has 0 saturated heterocycles. The average Bonchev–Trinajstić information content (AvgIpc) is 2.50. The first-order valence-electron chi connectivity index (χ1n) is 9.32. The van der Waals surface area contributed by atoms with Crippen LogP contribution in [0.15, 0.2) is 23.2 Å². The van der Waals surface area contributed by atoms with Gasteiger partial charge in [-0.2, -0.15) is 4.31 Å². The van der Waals surface area contributed by atoms with E-state index in [1.165, 1.54) is 10.5 Å². The average molecular weight is 386 g/mol. The minimum atomic E-state index is -3.58. The van der Waals surface area contributed by atoms with Gasteiger partial charge >= 0.3 is 0 Å². The zero-order valence-electron chi connectivity index (χ0n) is 17.2. The van der Waals surface area contributed by atoms with Gasteiger partial charge in [0.05, 0.1) is 5.60 Å². The van der Waals surface area contributed by atoms with E-state index in [9.17, 15) is 13.5 Å². The topological polar surface area (TPSA) is 82.5 Å². The fraction of sp³-hybridized carbons (Fsp3) is 0.737. The van der Waals surface area contributed by atoms with Crippen LogP contribution < -0.4 is 5.32 Å². The largest absolute Gasteiger partial charge is 0.388 e. The summed E-state index contributed by atoms with van der Waals surface area (Å²) in [5, 5.41) is 13.5. The molecule has 0 bridgehead atoms. The van der Waals surface area contributed by atoms with Crippen molar-refractivity contribution in [1.82, 2.24) is 9.29 Å². The van der Waals surface area contributed by atoms with Gasteiger partial charge in [-0.25, -0.2) is 13.4 Å². The molecule has 1 aromatic rings. The SMILES string of the molecule is CC(C)CCC(C)(O)CNc1ccc(S(=O)(=O)N(C(C)C)C(C)C)cn1. The van der Waals surface area contributed by atoms with Gasteiger partial charge in [0.25, 0.3) is 0 Å². The maximum atomic E-state index is 12.8. The monoisotopic (exact) mass is 385 g/mol. The molecular weight excluding hydrogens is 350 g/mol. The van der Waals surface area contributed by atoms with Crippen LogP contribution in [0.3, 0.4) is 0 Å². The van der Waals surface area contributed by atoms with Gasteiger partial charge in [0, 0.05) is 24.8 Å². The first-order valence-corrected chi connectivity index (χ1v) is 10.8. The quantitative estimate of drug-likeness (QED) is 0.644. The van der Waals surface area contributed by atoms with E-state index in [2.05, 4.69) is 24.1 Å². The number of hydrogen-bond acceptors (Lipinski definition) is 5. The number of aromatic nitrogens is 1. The molecule has 1 heterocycles. The highest BCUT2D eigenvalue weighted by atomic mass is 32.2. The molecular formula is C19H35N3O3S. The Labute approximate surface area is 159 Å². The summed E-state index contributed by atoms with van der Waals surface area (Å²) in [7, 11) is -3.58. The molecule has 1 unspecified atom stereocenters. The molecule has 1 atom stereocenters. The number of rotatable bonds is 10. The molecule has 0 fully saturated rings. The maximum absolute atomic E-state index is 12.8. The van der Waals surface area contributed by atoms with E-state index in [1.807, 2.05) is 27.7 Å². The van der Waals surface area contributed by atoms with Gasteiger partial charge in [-0.05, 0) is 65.5 Å². The van der Waals surface area contributed by atoms with Crippen molar-refractivity contribution in [3.63, 3.8) is 0 Å². The first-order chi connectivity index (χ1) is 11.9. The summed E-state index contributed by atoms with van der Waals surface area (Å²) in [6.45, 7) is 13.9. The Morgan fingerprint density at radius 3 is 2.15 bits per heavy atom. The summed E-state index contributed by atoms with van der Waals surface area (Å²) < 4.78 is 27.1. The van der Waals surface area contributed by atoms with E-state index in [0.29, 0.717) is 24.7 Å². The zero-order chi connectivity index (χ0) is 20.1. The molecule has 6 nitrogen and oxygen atoms in total. The smallest absolute Gasteiger partial charge is 0.245 e. The molecule has 0 amide bonds. The van der Waals surface area contributed by atoms with Crippen molar-refractivity contribution < 1.29 is 13.5 Å². The third-order valence-electron chi connectivity index (χ3n) is 4.24. The summed E-state index contributed by atoms with van der Waals surface area (Å²) in [4.78, 5) is 4.39. The molecule has 26 heavy (non-hydrogen) atoms. The Kier molecular flexibility index (Phi) is 8.04. The van der Waals surface area contributed by atoms with Crippen molar-refractivity contribution in [3.05, 3.63) is 18.3 Å². The number of sulfonamides is 1. The summed E-state index contributed by atoms with van der Waals surface area (Å²) in [5.41, 5.74) is -0.831. The highest BCUT2D eigenvalue weighted by molar-refractivity contribution is 7.89. The molecule has 0 aromatic carbocycles. The molecule has 150 valence electrons. The van der Waals surface area contributed by atoms with E-state index in [-0.39, 0.29) is 17.0 Å². The summed E-state index contributed by atoms with van der Waals surface area (Å²) in [6, 6.07) is 2.94. The molecule has 2 N–H and O–H groups in total. The van der Waals surface area contributed by atoms with E-state index in [4.69, 9.17) is 0 Å². The molecule has 0 saturated carbocycles. The Hall–Kier alpha value is -1.18. The van der Waals surface area contributed by atoms with Crippen LogP contribution in [0.2, 0.25) is 0 Å². The molecule has 0 aliphatic rings. The maximum Gasteiger partial charge on any atom is 0.245 e. The zero-order valence-corrected chi connectivity index (χ0v) is 18.0. The van der Waals surface area contributed by atoms with E-state index in [0.717, 1.165) is 6.42 Å². The number of anilines is 1. The molecule has 7 heteroatoms. The van der Waals surface area contributed by atoms with E-state index < -0.39 is 15.6 Å². The Balaban J connectivity index is 2.82. The van der Waals surface area contributed by atoms with Gasteiger partial charge in [0.1, 0.15) is 10.7 Å². The second-order valence-electron chi connectivity index (χ2n) is 8.18. The normalized spacial score (nSPS) is 15.1. The van der Waals surface area contributed by atoms with Crippen LogP contribution in [-0.4, -0.2) is 47.0 Å². The Morgan fingerprint density at radius 1 is 1.15 bits per heavy atom. The van der Waals surface area contributed by atoms with Crippen LogP contribution >= 0.6 is 0 Å². The second kappa shape index (κ2) is 9.15. The lowest BCUT2D eigenvalue weighted by atomic mass is 9.95.